The molecule has 218 valence electrons. The van der Waals surface area contributed by atoms with Crippen molar-refractivity contribution < 1.29 is 31.1 Å². The predicted molar refractivity (Wildman–Crippen MR) is 155 cm³/mol. The number of hydrazone groups is 1. The molecule has 1 N–H and O–H groups in total. The molecule has 4 aromatic carbocycles. The third-order valence-corrected chi connectivity index (χ3v) is 8.06. The van der Waals surface area contributed by atoms with Crippen molar-refractivity contribution in [2.75, 3.05) is 10.8 Å². The Balaban J connectivity index is 1.47. The van der Waals surface area contributed by atoms with Gasteiger partial charge in [-0.15, -0.1) is 0 Å². The first-order valence-electron chi connectivity index (χ1n) is 12.5. The summed E-state index contributed by atoms with van der Waals surface area (Å²) < 4.78 is 73.4. The SMILES string of the molecule is Cc1ccc(COc2ccc(/C=N\NC(=O)CN(c3cc(C(F)(F)F)ccc3Cl)S(=O)(=O)c3ccccc3)cc2)cc1. The molecule has 0 aliphatic heterocycles. The third kappa shape index (κ3) is 7.89. The molecule has 0 fully saturated rings. The van der Waals surface area contributed by atoms with E-state index in [0.29, 0.717) is 28.3 Å². The highest BCUT2D eigenvalue weighted by atomic mass is 35.5. The lowest BCUT2D eigenvalue weighted by Gasteiger charge is -2.25. The van der Waals surface area contributed by atoms with E-state index < -0.39 is 39.9 Å². The number of hydrogen-bond acceptors (Lipinski definition) is 5. The Kier molecular flexibility index (Phi) is 9.54. The fourth-order valence-corrected chi connectivity index (χ4v) is 5.47. The molecule has 0 heterocycles. The zero-order valence-corrected chi connectivity index (χ0v) is 23.7. The molecule has 0 saturated heterocycles. The van der Waals surface area contributed by atoms with E-state index in [-0.39, 0.29) is 9.92 Å². The van der Waals surface area contributed by atoms with E-state index in [1.165, 1.54) is 30.5 Å². The van der Waals surface area contributed by atoms with Crippen molar-refractivity contribution >= 4 is 39.4 Å². The first kappa shape index (κ1) is 30.6. The number of sulfonamides is 1. The van der Waals surface area contributed by atoms with Crippen LogP contribution < -0.4 is 14.5 Å². The molecule has 1 amide bonds. The van der Waals surface area contributed by atoms with E-state index in [9.17, 15) is 26.4 Å². The Morgan fingerprint density at radius 1 is 0.976 bits per heavy atom. The van der Waals surface area contributed by atoms with Gasteiger partial charge in [0.05, 0.1) is 27.4 Å². The van der Waals surface area contributed by atoms with Crippen molar-refractivity contribution in [1.82, 2.24) is 5.43 Å². The maximum Gasteiger partial charge on any atom is 0.416 e. The number of carbonyl (C=O) groups is 1. The quantitative estimate of drug-likeness (QED) is 0.161. The van der Waals surface area contributed by atoms with Gasteiger partial charge in [0.2, 0.25) is 0 Å². The highest BCUT2D eigenvalue weighted by molar-refractivity contribution is 7.92. The van der Waals surface area contributed by atoms with Crippen LogP contribution in [0, 0.1) is 6.92 Å². The molecule has 0 aliphatic carbocycles. The number of hydrogen-bond donors (Lipinski definition) is 1. The van der Waals surface area contributed by atoms with E-state index in [0.717, 1.165) is 23.3 Å². The maximum absolute atomic E-state index is 13.4. The Hall–Kier alpha value is -4.35. The minimum Gasteiger partial charge on any atom is -0.489 e. The first-order valence-corrected chi connectivity index (χ1v) is 14.3. The molecule has 0 aromatic heterocycles. The van der Waals surface area contributed by atoms with Crippen LogP contribution in [-0.2, 0) is 27.6 Å². The lowest BCUT2D eigenvalue weighted by Crippen LogP contribution is -2.40. The molecule has 42 heavy (non-hydrogen) atoms. The average molecular weight is 616 g/mol. The number of ether oxygens (including phenoxy) is 1. The smallest absolute Gasteiger partial charge is 0.416 e. The number of nitrogens with one attached hydrogen (secondary N) is 1. The van der Waals surface area contributed by atoms with Crippen LogP contribution in [0.25, 0.3) is 0 Å². The van der Waals surface area contributed by atoms with Crippen LogP contribution >= 0.6 is 11.6 Å². The number of carbonyl (C=O) groups excluding carboxylic acids is 1. The summed E-state index contributed by atoms with van der Waals surface area (Å²) in [7, 11) is -4.49. The zero-order chi connectivity index (χ0) is 30.3. The van der Waals surface area contributed by atoms with Crippen LogP contribution in [0.3, 0.4) is 0 Å². The summed E-state index contributed by atoms with van der Waals surface area (Å²) >= 11 is 6.13. The van der Waals surface area contributed by atoms with E-state index in [2.05, 4.69) is 10.5 Å². The number of aryl methyl sites for hydroxylation is 1. The molecular weight excluding hydrogens is 591 g/mol. The van der Waals surface area contributed by atoms with Crippen LogP contribution in [-0.4, -0.2) is 27.1 Å². The van der Waals surface area contributed by atoms with Gasteiger partial charge < -0.3 is 4.74 Å². The first-order chi connectivity index (χ1) is 19.9. The highest BCUT2D eigenvalue weighted by Gasteiger charge is 2.34. The van der Waals surface area contributed by atoms with Gasteiger partial charge in [0.25, 0.3) is 15.9 Å². The summed E-state index contributed by atoms with van der Waals surface area (Å²) in [5, 5.41) is 3.57. The van der Waals surface area contributed by atoms with E-state index in [1.807, 2.05) is 31.2 Å². The van der Waals surface area contributed by atoms with Gasteiger partial charge >= 0.3 is 6.18 Å². The van der Waals surface area contributed by atoms with Crippen LogP contribution in [0.5, 0.6) is 5.75 Å². The number of nitrogens with zero attached hydrogens (tertiary/aromatic N) is 2. The average Bonchev–Trinajstić information content (AvgIpc) is 2.96. The molecule has 0 saturated carbocycles. The summed E-state index contributed by atoms with van der Waals surface area (Å²) in [6.07, 6.45) is -3.44. The number of amides is 1. The van der Waals surface area contributed by atoms with Crippen LogP contribution in [0.4, 0.5) is 18.9 Å². The highest BCUT2D eigenvalue weighted by Crippen LogP contribution is 2.37. The fourth-order valence-electron chi connectivity index (χ4n) is 3.75. The number of alkyl halides is 3. The van der Waals surface area contributed by atoms with E-state index >= 15 is 0 Å². The predicted octanol–water partition coefficient (Wildman–Crippen LogP) is 6.59. The lowest BCUT2D eigenvalue weighted by atomic mass is 10.2. The molecule has 0 bridgehead atoms. The molecule has 4 rings (SSSR count). The maximum atomic E-state index is 13.4. The Bertz CT molecular complexity index is 1660. The Labute approximate surface area is 246 Å². The molecule has 0 radical (unpaired) electrons. The molecule has 0 unspecified atom stereocenters. The van der Waals surface area contributed by atoms with Crippen molar-refractivity contribution in [2.45, 2.75) is 24.6 Å². The largest absolute Gasteiger partial charge is 0.489 e. The summed E-state index contributed by atoms with van der Waals surface area (Å²) in [5.41, 5.74) is 3.36. The molecule has 4 aromatic rings. The molecule has 0 aliphatic rings. The second-order valence-corrected chi connectivity index (χ2v) is 11.4. The van der Waals surface area contributed by atoms with Gasteiger partial charge in [0.1, 0.15) is 18.9 Å². The van der Waals surface area contributed by atoms with Gasteiger partial charge in [-0.2, -0.15) is 18.3 Å². The molecular formula is C30H25ClF3N3O4S. The van der Waals surface area contributed by atoms with Gasteiger partial charge in [0.15, 0.2) is 0 Å². The van der Waals surface area contributed by atoms with Gasteiger partial charge in [-0.05, 0) is 72.6 Å². The van der Waals surface area contributed by atoms with E-state index in [1.54, 1.807) is 30.3 Å². The van der Waals surface area contributed by atoms with Crippen LogP contribution in [0.1, 0.15) is 22.3 Å². The summed E-state index contributed by atoms with van der Waals surface area (Å²) in [6.45, 7) is 1.51. The van der Waals surface area contributed by atoms with Crippen molar-refractivity contribution in [2.24, 2.45) is 5.10 Å². The number of anilines is 1. The molecule has 12 heteroatoms. The Morgan fingerprint density at radius 2 is 1.64 bits per heavy atom. The minimum absolute atomic E-state index is 0.237. The van der Waals surface area contributed by atoms with Gasteiger partial charge in [-0.1, -0.05) is 59.6 Å². The second-order valence-electron chi connectivity index (χ2n) is 9.13. The zero-order valence-electron chi connectivity index (χ0n) is 22.2. The molecule has 0 spiro atoms. The van der Waals surface area contributed by atoms with Crippen molar-refractivity contribution in [3.8, 4) is 5.75 Å². The number of halogens is 4. The molecule has 0 atom stereocenters. The summed E-state index contributed by atoms with van der Waals surface area (Å²) in [4.78, 5) is 12.5. The van der Waals surface area contributed by atoms with Crippen molar-refractivity contribution in [1.29, 1.82) is 0 Å². The second kappa shape index (κ2) is 13.1. The third-order valence-electron chi connectivity index (χ3n) is 5.97. The van der Waals surface area contributed by atoms with E-state index in [4.69, 9.17) is 16.3 Å². The van der Waals surface area contributed by atoms with Gasteiger partial charge in [-0.3, -0.25) is 9.10 Å². The number of rotatable bonds is 10. The van der Waals surface area contributed by atoms with Crippen molar-refractivity contribution in [3.05, 3.63) is 124 Å². The minimum atomic E-state index is -4.77. The van der Waals surface area contributed by atoms with Crippen LogP contribution in [0.2, 0.25) is 5.02 Å². The normalized spacial score (nSPS) is 11.8. The van der Waals surface area contributed by atoms with Gasteiger partial charge in [0, 0.05) is 0 Å². The molecule has 7 nitrogen and oxygen atoms in total. The lowest BCUT2D eigenvalue weighted by molar-refractivity contribution is -0.137. The summed E-state index contributed by atoms with van der Waals surface area (Å²) in [6, 6.07) is 24.0. The number of benzene rings is 4. The van der Waals surface area contributed by atoms with Crippen LogP contribution in [0.15, 0.2) is 107 Å². The topological polar surface area (TPSA) is 88.1 Å². The van der Waals surface area contributed by atoms with Crippen molar-refractivity contribution in [3.63, 3.8) is 0 Å². The standard InChI is InChI=1S/C30H25ClF3N3O4S/c1-21-7-9-23(10-8-21)20-41-25-14-11-22(12-15-25)18-35-36-29(38)19-37(42(39,40)26-5-3-2-4-6-26)28-17-24(30(32,33)34)13-16-27(28)31/h2-18H,19-20H2,1H3,(H,36,38)/b35-18-. The fraction of sp³-hybridized carbons (Fsp3) is 0.133. The monoisotopic (exact) mass is 615 g/mol. The Morgan fingerprint density at radius 3 is 2.29 bits per heavy atom. The summed E-state index contributed by atoms with van der Waals surface area (Å²) in [5.74, 6) is -0.284. The van der Waals surface area contributed by atoms with Gasteiger partial charge in [-0.25, -0.2) is 13.8 Å².